The summed E-state index contributed by atoms with van der Waals surface area (Å²) in [5, 5.41) is 12.5. The highest BCUT2D eigenvalue weighted by Crippen LogP contribution is 2.28. The number of rotatable bonds is 4. The standard InChI is InChI=1S/C16H22FNO2/c1-2-3-11-4-7-13(8-5-11)18-16(20)14-10-12(17)6-9-15(14)19/h6,9-11,13,19H,2-5,7-8H2,1H3,(H,18,20). The van der Waals surface area contributed by atoms with Gasteiger partial charge in [-0.1, -0.05) is 19.8 Å². The van der Waals surface area contributed by atoms with Gasteiger partial charge in [-0.2, -0.15) is 0 Å². The van der Waals surface area contributed by atoms with Gasteiger partial charge in [-0.15, -0.1) is 0 Å². The molecule has 2 N–H and O–H groups in total. The molecule has 20 heavy (non-hydrogen) atoms. The SMILES string of the molecule is CCCC1CCC(NC(=O)c2cc(F)ccc2O)CC1. The molecule has 1 aromatic carbocycles. The fourth-order valence-electron chi connectivity index (χ4n) is 2.96. The third-order valence-corrected chi connectivity index (χ3v) is 4.08. The van der Waals surface area contributed by atoms with Crippen molar-refractivity contribution in [3.8, 4) is 5.75 Å². The van der Waals surface area contributed by atoms with Crippen LogP contribution in [-0.4, -0.2) is 17.1 Å². The Balaban J connectivity index is 1.91. The van der Waals surface area contributed by atoms with Crippen molar-refractivity contribution in [2.45, 2.75) is 51.5 Å². The molecule has 0 spiro atoms. The van der Waals surface area contributed by atoms with Crippen LogP contribution in [0.3, 0.4) is 0 Å². The van der Waals surface area contributed by atoms with Crippen molar-refractivity contribution in [3.05, 3.63) is 29.6 Å². The Bertz CT molecular complexity index is 468. The second kappa shape index (κ2) is 6.73. The first-order chi connectivity index (χ1) is 9.60. The molecule has 0 aliphatic heterocycles. The summed E-state index contributed by atoms with van der Waals surface area (Å²) in [4.78, 5) is 12.1. The van der Waals surface area contributed by atoms with E-state index in [1.54, 1.807) is 0 Å². The van der Waals surface area contributed by atoms with E-state index in [1.165, 1.54) is 18.9 Å². The predicted molar refractivity (Wildman–Crippen MR) is 76.2 cm³/mol. The van der Waals surface area contributed by atoms with Crippen LogP contribution in [0.15, 0.2) is 18.2 Å². The van der Waals surface area contributed by atoms with Crippen molar-refractivity contribution in [2.24, 2.45) is 5.92 Å². The molecule has 1 saturated carbocycles. The van der Waals surface area contributed by atoms with Crippen molar-refractivity contribution in [1.29, 1.82) is 0 Å². The number of carbonyl (C=O) groups excluding carboxylic acids is 1. The topological polar surface area (TPSA) is 49.3 Å². The number of carbonyl (C=O) groups is 1. The first kappa shape index (κ1) is 14.8. The molecule has 4 heteroatoms. The van der Waals surface area contributed by atoms with E-state index < -0.39 is 5.82 Å². The Kier molecular flexibility index (Phi) is 4.99. The van der Waals surface area contributed by atoms with Crippen LogP contribution in [0.4, 0.5) is 4.39 Å². The molecule has 0 unspecified atom stereocenters. The number of phenols is 1. The Morgan fingerprint density at radius 2 is 2.05 bits per heavy atom. The van der Waals surface area contributed by atoms with Gasteiger partial charge in [0.05, 0.1) is 5.56 Å². The monoisotopic (exact) mass is 279 g/mol. The van der Waals surface area contributed by atoms with E-state index in [9.17, 15) is 14.3 Å². The Morgan fingerprint density at radius 1 is 1.35 bits per heavy atom. The second-order valence-corrected chi connectivity index (χ2v) is 5.64. The van der Waals surface area contributed by atoms with Gasteiger partial charge in [-0.05, 0) is 49.8 Å². The molecule has 0 heterocycles. The lowest BCUT2D eigenvalue weighted by molar-refractivity contribution is 0.0918. The molecule has 2 rings (SSSR count). The number of benzene rings is 1. The van der Waals surface area contributed by atoms with Crippen molar-refractivity contribution in [1.82, 2.24) is 5.32 Å². The minimum atomic E-state index is -0.514. The summed E-state index contributed by atoms with van der Waals surface area (Å²) in [5.41, 5.74) is 0.0145. The van der Waals surface area contributed by atoms with Gasteiger partial charge in [-0.3, -0.25) is 4.79 Å². The van der Waals surface area contributed by atoms with Crippen LogP contribution in [0.5, 0.6) is 5.75 Å². The number of hydrogen-bond donors (Lipinski definition) is 2. The van der Waals surface area contributed by atoms with Gasteiger partial charge >= 0.3 is 0 Å². The van der Waals surface area contributed by atoms with Crippen LogP contribution in [0, 0.1) is 11.7 Å². The van der Waals surface area contributed by atoms with Crippen LogP contribution in [0.1, 0.15) is 55.8 Å². The first-order valence-electron chi connectivity index (χ1n) is 7.39. The lowest BCUT2D eigenvalue weighted by Gasteiger charge is -2.29. The Morgan fingerprint density at radius 3 is 2.70 bits per heavy atom. The molecule has 1 amide bonds. The molecule has 1 aromatic rings. The van der Waals surface area contributed by atoms with Gasteiger partial charge < -0.3 is 10.4 Å². The van der Waals surface area contributed by atoms with E-state index in [1.807, 2.05) is 0 Å². The summed E-state index contributed by atoms with van der Waals surface area (Å²) < 4.78 is 13.1. The van der Waals surface area contributed by atoms with Gasteiger partial charge in [0.15, 0.2) is 0 Å². The molecular formula is C16H22FNO2. The van der Waals surface area contributed by atoms with Crippen LogP contribution >= 0.6 is 0 Å². The van der Waals surface area contributed by atoms with Gasteiger partial charge in [0.25, 0.3) is 5.91 Å². The minimum Gasteiger partial charge on any atom is -0.507 e. The fraction of sp³-hybridized carbons (Fsp3) is 0.562. The third-order valence-electron chi connectivity index (χ3n) is 4.08. The Labute approximate surface area is 119 Å². The molecule has 0 bridgehead atoms. The molecule has 110 valence electrons. The third kappa shape index (κ3) is 3.71. The Hall–Kier alpha value is -1.58. The number of phenolic OH excluding ortho intramolecular Hbond substituents is 1. The molecule has 1 aliphatic carbocycles. The maximum absolute atomic E-state index is 13.1. The second-order valence-electron chi connectivity index (χ2n) is 5.64. The molecule has 1 aliphatic rings. The van der Waals surface area contributed by atoms with E-state index in [0.717, 1.165) is 43.7 Å². The molecule has 0 aromatic heterocycles. The number of amides is 1. The number of aromatic hydroxyl groups is 1. The van der Waals surface area contributed by atoms with Gasteiger partial charge in [-0.25, -0.2) is 4.39 Å². The lowest BCUT2D eigenvalue weighted by Crippen LogP contribution is -2.37. The maximum Gasteiger partial charge on any atom is 0.255 e. The van der Waals surface area contributed by atoms with Crippen LogP contribution in [0.25, 0.3) is 0 Å². The van der Waals surface area contributed by atoms with Gasteiger partial charge in [0.1, 0.15) is 11.6 Å². The van der Waals surface area contributed by atoms with Crippen LogP contribution in [0.2, 0.25) is 0 Å². The first-order valence-corrected chi connectivity index (χ1v) is 7.39. The molecular weight excluding hydrogens is 257 g/mol. The zero-order chi connectivity index (χ0) is 14.5. The van der Waals surface area contributed by atoms with Gasteiger partial charge in [0, 0.05) is 6.04 Å². The largest absolute Gasteiger partial charge is 0.507 e. The fourth-order valence-corrected chi connectivity index (χ4v) is 2.96. The number of halogens is 1. The summed E-state index contributed by atoms with van der Waals surface area (Å²) in [6.07, 6.45) is 6.66. The summed E-state index contributed by atoms with van der Waals surface area (Å²) in [5.74, 6) is -0.306. The van der Waals surface area contributed by atoms with E-state index in [-0.39, 0.29) is 23.3 Å². The van der Waals surface area contributed by atoms with Crippen molar-refractivity contribution >= 4 is 5.91 Å². The lowest BCUT2D eigenvalue weighted by atomic mass is 9.83. The van der Waals surface area contributed by atoms with Crippen LogP contribution in [-0.2, 0) is 0 Å². The average Bonchev–Trinajstić information content (AvgIpc) is 2.44. The highest BCUT2D eigenvalue weighted by Gasteiger charge is 2.23. The van der Waals surface area contributed by atoms with Gasteiger partial charge in [0.2, 0.25) is 0 Å². The summed E-state index contributed by atoms with van der Waals surface area (Å²) in [6.45, 7) is 2.20. The molecule has 0 saturated heterocycles. The number of nitrogens with one attached hydrogen (secondary N) is 1. The summed E-state index contributed by atoms with van der Waals surface area (Å²) in [7, 11) is 0. The minimum absolute atomic E-state index is 0.0145. The van der Waals surface area contributed by atoms with E-state index >= 15 is 0 Å². The smallest absolute Gasteiger partial charge is 0.255 e. The molecule has 0 radical (unpaired) electrons. The highest BCUT2D eigenvalue weighted by atomic mass is 19.1. The van der Waals surface area contributed by atoms with Crippen molar-refractivity contribution in [3.63, 3.8) is 0 Å². The predicted octanol–water partition coefficient (Wildman–Crippen LogP) is 3.62. The molecule has 0 atom stereocenters. The summed E-state index contributed by atoms with van der Waals surface area (Å²) >= 11 is 0. The maximum atomic E-state index is 13.1. The van der Waals surface area contributed by atoms with Crippen LogP contribution < -0.4 is 5.32 Å². The zero-order valence-electron chi connectivity index (χ0n) is 11.9. The molecule has 3 nitrogen and oxygen atoms in total. The van der Waals surface area contributed by atoms with E-state index in [4.69, 9.17) is 0 Å². The highest BCUT2D eigenvalue weighted by molar-refractivity contribution is 5.96. The quantitative estimate of drug-likeness (QED) is 0.884. The normalized spacial score (nSPS) is 22.5. The van der Waals surface area contributed by atoms with Crippen molar-refractivity contribution < 1.29 is 14.3 Å². The summed E-state index contributed by atoms with van der Waals surface area (Å²) in [6, 6.07) is 3.57. The van der Waals surface area contributed by atoms with E-state index in [2.05, 4.69) is 12.2 Å². The van der Waals surface area contributed by atoms with Crippen molar-refractivity contribution in [2.75, 3.05) is 0 Å². The van der Waals surface area contributed by atoms with E-state index in [0.29, 0.717) is 0 Å². The zero-order valence-corrected chi connectivity index (χ0v) is 11.9. The average molecular weight is 279 g/mol. The number of hydrogen-bond acceptors (Lipinski definition) is 2. The molecule has 1 fully saturated rings.